The van der Waals surface area contributed by atoms with Crippen LogP contribution >= 0.6 is 11.5 Å². The Labute approximate surface area is 164 Å². The van der Waals surface area contributed by atoms with Gasteiger partial charge in [-0.3, -0.25) is 4.79 Å². The van der Waals surface area contributed by atoms with Crippen molar-refractivity contribution in [3.8, 4) is 0 Å². The standard InChI is InChI=1S/C18H24N4O3S2/c1-13-16(26-20-19-13)17(23)21-9-11-22(12-10-21)27(24,25)15-7-5-14(6-8-15)18(2,3)4/h5-8H,9-12H2,1-4H3. The van der Waals surface area contributed by atoms with E-state index in [1.807, 2.05) is 12.1 Å². The molecule has 1 aromatic carbocycles. The second-order valence-electron chi connectivity index (χ2n) is 7.66. The van der Waals surface area contributed by atoms with Crippen molar-refractivity contribution in [2.75, 3.05) is 26.2 Å². The smallest absolute Gasteiger partial charge is 0.267 e. The third-order valence-corrected chi connectivity index (χ3v) is 7.46. The molecule has 0 atom stereocenters. The first-order valence-corrected chi connectivity index (χ1v) is 11.0. The van der Waals surface area contributed by atoms with Crippen molar-refractivity contribution in [1.29, 1.82) is 0 Å². The summed E-state index contributed by atoms with van der Waals surface area (Å²) in [4.78, 5) is 15.0. The number of aryl methyl sites for hydroxylation is 1. The highest BCUT2D eigenvalue weighted by Gasteiger charge is 2.31. The predicted octanol–water partition coefficient (Wildman–Crippen LogP) is 2.29. The highest BCUT2D eigenvalue weighted by molar-refractivity contribution is 7.89. The number of nitrogens with zero attached hydrogens (tertiary/aromatic N) is 4. The van der Waals surface area contributed by atoms with E-state index >= 15 is 0 Å². The molecule has 1 aliphatic rings. The van der Waals surface area contributed by atoms with Gasteiger partial charge in [-0.1, -0.05) is 37.4 Å². The second kappa shape index (κ2) is 7.29. The van der Waals surface area contributed by atoms with Crippen LogP contribution in [0.25, 0.3) is 0 Å². The van der Waals surface area contributed by atoms with E-state index in [9.17, 15) is 13.2 Å². The maximum absolute atomic E-state index is 12.9. The van der Waals surface area contributed by atoms with Gasteiger partial charge in [0.25, 0.3) is 5.91 Å². The summed E-state index contributed by atoms with van der Waals surface area (Å²) in [5.41, 5.74) is 1.67. The molecule has 7 nitrogen and oxygen atoms in total. The van der Waals surface area contributed by atoms with Crippen molar-refractivity contribution in [3.63, 3.8) is 0 Å². The number of carbonyl (C=O) groups is 1. The van der Waals surface area contributed by atoms with Crippen LogP contribution in [0.5, 0.6) is 0 Å². The molecule has 2 aromatic rings. The Bertz CT molecular complexity index is 922. The number of piperazine rings is 1. The normalized spacial score (nSPS) is 16.5. The van der Waals surface area contributed by atoms with Gasteiger partial charge in [0.15, 0.2) is 0 Å². The van der Waals surface area contributed by atoms with Gasteiger partial charge in [-0.25, -0.2) is 8.42 Å². The fourth-order valence-corrected chi connectivity index (χ4v) is 5.03. The van der Waals surface area contributed by atoms with E-state index in [0.29, 0.717) is 23.7 Å². The second-order valence-corrected chi connectivity index (χ2v) is 10.4. The Hall–Kier alpha value is -1.84. The van der Waals surface area contributed by atoms with Crippen LogP contribution in [0.1, 0.15) is 41.7 Å². The van der Waals surface area contributed by atoms with E-state index in [0.717, 1.165) is 17.1 Å². The molecule has 0 spiro atoms. The van der Waals surface area contributed by atoms with E-state index in [1.54, 1.807) is 24.0 Å². The maximum atomic E-state index is 12.9. The molecule has 0 radical (unpaired) electrons. The van der Waals surface area contributed by atoms with Crippen molar-refractivity contribution >= 4 is 27.5 Å². The highest BCUT2D eigenvalue weighted by Crippen LogP contribution is 2.25. The summed E-state index contributed by atoms with van der Waals surface area (Å²) in [5, 5.41) is 3.87. The summed E-state index contributed by atoms with van der Waals surface area (Å²) < 4.78 is 31.1. The quantitative estimate of drug-likeness (QED) is 0.778. The number of hydrogen-bond acceptors (Lipinski definition) is 6. The summed E-state index contributed by atoms with van der Waals surface area (Å²) in [6, 6.07) is 7.07. The fourth-order valence-electron chi connectivity index (χ4n) is 2.98. The Morgan fingerprint density at radius 3 is 2.15 bits per heavy atom. The predicted molar refractivity (Wildman–Crippen MR) is 104 cm³/mol. The molecule has 0 saturated carbocycles. The molecular weight excluding hydrogens is 384 g/mol. The molecule has 1 fully saturated rings. The topological polar surface area (TPSA) is 83.5 Å². The molecular formula is C18H24N4O3S2. The minimum absolute atomic E-state index is 0.0298. The van der Waals surface area contributed by atoms with E-state index in [2.05, 4.69) is 30.4 Å². The first kappa shape index (κ1) is 19.9. The number of carbonyl (C=O) groups excluding carboxylic acids is 1. The van der Waals surface area contributed by atoms with Gasteiger partial charge in [0, 0.05) is 26.2 Å². The zero-order valence-corrected chi connectivity index (χ0v) is 17.6. The minimum atomic E-state index is -3.56. The van der Waals surface area contributed by atoms with Crippen LogP contribution in [0, 0.1) is 6.92 Å². The molecule has 1 aromatic heterocycles. The van der Waals surface area contributed by atoms with Gasteiger partial charge in [0.2, 0.25) is 10.0 Å². The lowest BCUT2D eigenvalue weighted by Gasteiger charge is -2.33. The SMILES string of the molecule is Cc1nnsc1C(=O)N1CCN(S(=O)(=O)c2ccc(C(C)(C)C)cc2)CC1. The average molecular weight is 409 g/mol. The lowest BCUT2D eigenvalue weighted by molar-refractivity contribution is 0.0702. The summed E-state index contributed by atoms with van der Waals surface area (Å²) >= 11 is 1.07. The molecule has 0 aliphatic carbocycles. The Balaban J connectivity index is 1.69. The largest absolute Gasteiger partial charge is 0.335 e. The molecule has 0 bridgehead atoms. The number of amides is 1. The number of rotatable bonds is 3. The average Bonchev–Trinajstić information content (AvgIpc) is 3.06. The third kappa shape index (κ3) is 4.04. The monoisotopic (exact) mass is 408 g/mol. The molecule has 0 N–H and O–H groups in total. The molecule has 27 heavy (non-hydrogen) atoms. The first-order valence-electron chi connectivity index (χ1n) is 8.79. The van der Waals surface area contributed by atoms with Gasteiger partial charge >= 0.3 is 0 Å². The molecule has 1 aliphatic heterocycles. The first-order chi connectivity index (χ1) is 12.6. The van der Waals surface area contributed by atoms with Crippen molar-refractivity contribution in [1.82, 2.24) is 18.8 Å². The van der Waals surface area contributed by atoms with Gasteiger partial charge in [0.1, 0.15) is 4.88 Å². The Kier molecular flexibility index (Phi) is 5.38. The van der Waals surface area contributed by atoms with Crippen LogP contribution in [0.3, 0.4) is 0 Å². The summed E-state index contributed by atoms with van der Waals surface area (Å²) in [5.74, 6) is -0.130. The van der Waals surface area contributed by atoms with Crippen LogP contribution in [0.15, 0.2) is 29.2 Å². The fraction of sp³-hybridized carbons (Fsp3) is 0.500. The van der Waals surface area contributed by atoms with Crippen molar-refractivity contribution < 1.29 is 13.2 Å². The molecule has 1 amide bonds. The molecule has 1 saturated heterocycles. The minimum Gasteiger partial charge on any atom is -0.335 e. The molecule has 2 heterocycles. The third-order valence-electron chi connectivity index (χ3n) is 4.73. The van der Waals surface area contributed by atoms with Gasteiger partial charge in [-0.15, -0.1) is 5.10 Å². The van der Waals surface area contributed by atoms with Crippen LogP contribution in [-0.4, -0.2) is 59.3 Å². The van der Waals surface area contributed by atoms with Gasteiger partial charge in [-0.05, 0) is 41.6 Å². The van der Waals surface area contributed by atoms with E-state index in [1.165, 1.54) is 4.31 Å². The number of hydrogen-bond donors (Lipinski definition) is 0. The van der Waals surface area contributed by atoms with Gasteiger partial charge < -0.3 is 4.90 Å². The summed E-state index contributed by atoms with van der Waals surface area (Å²) in [6.45, 7) is 9.29. The van der Waals surface area contributed by atoms with E-state index in [4.69, 9.17) is 0 Å². The van der Waals surface area contributed by atoms with Crippen molar-refractivity contribution in [2.24, 2.45) is 0 Å². The summed E-state index contributed by atoms with van der Waals surface area (Å²) in [7, 11) is -3.56. The number of benzene rings is 1. The highest BCUT2D eigenvalue weighted by atomic mass is 32.2. The van der Waals surface area contributed by atoms with Crippen LogP contribution in [0.4, 0.5) is 0 Å². The molecule has 9 heteroatoms. The lowest BCUT2D eigenvalue weighted by atomic mass is 9.87. The van der Waals surface area contributed by atoms with Crippen molar-refractivity contribution in [2.45, 2.75) is 38.0 Å². The van der Waals surface area contributed by atoms with Crippen LogP contribution < -0.4 is 0 Å². The lowest BCUT2D eigenvalue weighted by Crippen LogP contribution is -2.50. The molecule has 0 unspecified atom stereocenters. The zero-order chi connectivity index (χ0) is 19.8. The van der Waals surface area contributed by atoms with Gasteiger partial charge in [0.05, 0.1) is 10.6 Å². The van der Waals surface area contributed by atoms with E-state index in [-0.39, 0.29) is 29.3 Å². The molecule has 146 valence electrons. The number of aromatic nitrogens is 2. The summed E-state index contributed by atoms with van der Waals surface area (Å²) in [6.07, 6.45) is 0. The van der Waals surface area contributed by atoms with Crippen LogP contribution in [-0.2, 0) is 15.4 Å². The number of sulfonamides is 1. The Morgan fingerprint density at radius 2 is 1.67 bits per heavy atom. The zero-order valence-electron chi connectivity index (χ0n) is 16.0. The molecule has 3 rings (SSSR count). The van der Waals surface area contributed by atoms with Crippen LogP contribution in [0.2, 0.25) is 0 Å². The van der Waals surface area contributed by atoms with Gasteiger partial charge in [-0.2, -0.15) is 4.31 Å². The van der Waals surface area contributed by atoms with E-state index < -0.39 is 10.0 Å². The Morgan fingerprint density at radius 1 is 1.07 bits per heavy atom. The van der Waals surface area contributed by atoms with Crippen molar-refractivity contribution in [3.05, 3.63) is 40.4 Å². The maximum Gasteiger partial charge on any atom is 0.267 e.